The summed E-state index contributed by atoms with van der Waals surface area (Å²) < 4.78 is 16.3. The lowest BCUT2D eigenvalue weighted by Gasteiger charge is -2.24. The average molecular weight is 397 g/mol. The summed E-state index contributed by atoms with van der Waals surface area (Å²) in [5.74, 6) is 0.638. The van der Waals surface area contributed by atoms with Gasteiger partial charge in [-0.1, -0.05) is 0 Å². The Bertz CT molecular complexity index is 1040. The van der Waals surface area contributed by atoms with Crippen molar-refractivity contribution in [2.24, 2.45) is 0 Å². The van der Waals surface area contributed by atoms with Gasteiger partial charge in [-0.2, -0.15) is 0 Å². The van der Waals surface area contributed by atoms with Gasteiger partial charge >= 0.3 is 5.97 Å². The number of anilines is 1. The molecular formula is C22H23NO6. The van der Waals surface area contributed by atoms with Crippen molar-refractivity contribution in [2.75, 3.05) is 19.0 Å². The zero-order valence-corrected chi connectivity index (χ0v) is 17.0. The molecular weight excluding hydrogens is 374 g/mol. The number of ether oxygens (including phenoxy) is 3. The van der Waals surface area contributed by atoms with Crippen LogP contribution < -0.4 is 19.5 Å². The number of hydrogen-bond donors (Lipinski definition) is 2. The number of carbonyl (C=O) groups is 2. The first-order valence-corrected chi connectivity index (χ1v) is 9.06. The molecule has 1 aliphatic rings. The number of nitrogens with one attached hydrogen (secondary N) is 1. The molecule has 0 atom stereocenters. The van der Waals surface area contributed by atoms with E-state index in [1.165, 1.54) is 20.1 Å². The van der Waals surface area contributed by atoms with E-state index < -0.39 is 5.97 Å². The maximum absolute atomic E-state index is 12.7. The molecule has 0 spiro atoms. The van der Waals surface area contributed by atoms with Crippen molar-refractivity contribution in [1.29, 1.82) is 0 Å². The smallest absolute Gasteiger partial charge is 0.308 e. The molecule has 7 heteroatoms. The van der Waals surface area contributed by atoms with E-state index in [1.54, 1.807) is 18.2 Å². The van der Waals surface area contributed by atoms with Gasteiger partial charge < -0.3 is 24.6 Å². The van der Waals surface area contributed by atoms with Crippen LogP contribution in [-0.4, -0.2) is 30.7 Å². The second-order valence-corrected chi connectivity index (χ2v) is 6.84. The van der Waals surface area contributed by atoms with E-state index in [4.69, 9.17) is 14.2 Å². The first-order chi connectivity index (χ1) is 13.7. The van der Waals surface area contributed by atoms with Crippen LogP contribution in [0.5, 0.6) is 23.0 Å². The van der Waals surface area contributed by atoms with Gasteiger partial charge in [0.15, 0.2) is 11.5 Å². The molecule has 1 aliphatic heterocycles. The van der Waals surface area contributed by atoms with Crippen LogP contribution in [0.4, 0.5) is 5.69 Å². The minimum atomic E-state index is -0.409. The minimum absolute atomic E-state index is 0.0718. The lowest BCUT2D eigenvalue weighted by atomic mass is 9.94. The van der Waals surface area contributed by atoms with Crippen molar-refractivity contribution in [2.45, 2.75) is 27.7 Å². The van der Waals surface area contributed by atoms with Crippen molar-refractivity contribution in [3.05, 3.63) is 46.0 Å². The van der Waals surface area contributed by atoms with Gasteiger partial charge in [0, 0.05) is 29.8 Å². The molecule has 0 aromatic heterocycles. The Morgan fingerprint density at radius 1 is 1.14 bits per heavy atom. The summed E-state index contributed by atoms with van der Waals surface area (Å²) in [6.07, 6.45) is 1.74. The summed E-state index contributed by atoms with van der Waals surface area (Å²) in [5.41, 5.74) is 3.96. The molecule has 7 nitrogen and oxygen atoms in total. The number of benzene rings is 2. The van der Waals surface area contributed by atoms with E-state index in [0.717, 1.165) is 16.7 Å². The minimum Gasteiger partial charge on any atom is -0.504 e. The lowest BCUT2D eigenvalue weighted by Crippen LogP contribution is -2.22. The van der Waals surface area contributed by atoms with Crippen LogP contribution in [0.1, 0.15) is 29.2 Å². The molecule has 0 saturated carbocycles. The Morgan fingerprint density at radius 2 is 1.86 bits per heavy atom. The largest absolute Gasteiger partial charge is 0.504 e. The van der Waals surface area contributed by atoms with Crippen molar-refractivity contribution in [3.8, 4) is 23.0 Å². The normalized spacial score (nSPS) is 12.4. The van der Waals surface area contributed by atoms with Crippen molar-refractivity contribution >= 4 is 23.6 Å². The maximum atomic E-state index is 12.7. The van der Waals surface area contributed by atoms with Crippen LogP contribution in [-0.2, 0) is 9.59 Å². The van der Waals surface area contributed by atoms with Gasteiger partial charge in [-0.3, -0.25) is 9.59 Å². The van der Waals surface area contributed by atoms with Crippen LogP contribution in [0.25, 0.3) is 6.08 Å². The number of aromatic hydroxyl groups is 1. The monoisotopic (exact) mass is 397 g/mol. The summed E-state index contributed by atoms with van der Waals surface area (Å²) in [7, 11) is 1.45. The Morgan fingerprint density at radius 3 is 2.48 bits per heavy atom. The molecule has 0 unspecified atom stereocenters. The molecule has 1 heterocycles. The van der Waals surface area contributed by atoms with E-state index in [-0.39, 0.29) is 18.3 Å². The third-order valence-electron chi connectivity index (χ3n) is 4.90. The highest BCUT2D eigenvalue weighted by molar-refractivity contribution is 6.08. The van der Waals surface area contributed by atoms with Gasteiger partial charge in [-0.05, 0) is 50.1 Å². The van der Waals surface area contributed by atoms with E-state index in [0.29, 0.717) is 34.1 Å². The number of hydrogen-bond acceptors (Lipinski definition) is 6. The summed E-state index contributed by atoms with van der Waals surface area (Å²) in [4.78, 5) is 24.2. The Labute approximate surface area is 168 Å². The fourth-order valence-corrected chi connectivity index (χ4v) is 3.25. The number of methoxy groups -OCH3 is 1. The number of phenols is 1. The standard InChI is InChI=1S/C22H23NO6/c1-11-12(2)21-17(13(3)20(11)29-14(4)24)8-15(10-28-21)22(26)23-16-6-7-19(27-5)18(25)9-16/h6-9,25H,10H2,1-5H3,(H,23,26). The second kappa shape index (κ2) is 7.87. The van der Waals surface area contributed by atoms with Gasteiger partial charge in [0.2, 0.25) is 0 Å². The lowest BCUT2D eigenvalue weighted by molar-refractivity contribution is -0.132. The summed E-state index contributed by atoms with van der Waals surface area (Å²) in [6.45, 7) is 7.04. The van der Waals surface area contributed by atoms with Crippen molar-refractivity contribution in [1.82, 2.24) is 0 Å². The van der Waals surface area contributed by atoms with Crippen LogP contribution in [0.15, 0.2) is 23.8 Å². The molecule has 0 fully saturated rings. The molecule has 2 N–H and O–H groups in total. The molecule has 0 aliphatic carbocycles. The number of fused-ring (bicyclic) bond motifs is 1. The zero-order chi connectivity index (χ0) is 21.3. The number of amides is 1. The van der Waals surface area contributed by atoms with Gasteiger partial charge in [0.1, 0.15) is 18.1 Å². The van der Waals surface area contributed by atoms with Crippen LogP contribution in [0.3, 0.4) is 0 Å². The van der Waals surface area contributed by atoms with Gasteiger partial charge in [0.05, 0.1) is 12.7 Å². The second-order valence-electron chi connectivity index (χ2n) is 6.84. The van der Waals surface area contributed by atoms with Crippen LogP contribution in [0.2, 0.25) is 0 Å². The SMILES string of the molecule is COc1ccc(NC(=O)C2=Cc3c(C)c(OC(C)=O)c(C)c(C)c3OC2)cc1O. The van der Waals surface area contributed by atoms with E-state index in [9.17, 15) is 14.7 Å². The molecule has 2 aromatic rings. The highest BCUT2D eigenvalue weighted by atomic mass is 16.5. The number of rotatable bonds is 4. The van der Waals surface area contributed by atoms with E-state index >= 15 is 0 Å². The van der Waals surface area contributed by atoms with Crippen LogP contribution >= 0.6 is 0 Å². The first kappa shape index (κ1) is 20.3. The predicted molar refractivity (Wildman–Crippen MR) is 109 cm³/mol. The molecule has 0 radical (unpaired) electrons. The highest BCUT2D eigenvalue weighted by Crippen LogP contribution is 2.41. The summed E-state index contributed by atoms with van der Waals surface area (Å²) in [5, 5.41) is 12.6. The fourth-order valence-electron chi connectivity index (χ4n) is 3.25. The Hall–Kier alpha value is -3.48. The van der Waals surface area contributed by atoms with Crippen molar-refractivity contribution < 1.29 is 28.9 Å². The molecule has 0 bridgehead atoms. The topological polar surface area (TPSA) is 94.1 Å². The Balaban J connectivity index is 1.94. The van der Waals surface area contributed by atoms with Gasteiger partial charge in [0.25, 0.3) is 5.91 Å². The molecule has 2 aromatic carbocycles. The Kier molecular flexibility index (Phi) is 5.50. The van der Waals surface area contributed by atoms with E-state index in [1.807, 2.05) is 20.8 Å². The predicted octanol–water partition coefficient (Wildman–Crippen LogP) is 3.67. The third kappa shape index (κ3) is 3.89. The van der Waals surface area contributed by atoms with Gasteiger partial charge in [-0.25, -0.2) is 0 Å². The quantitative estimate of drug-likeness (QED) is 0.604. The van der Waals surface area contributed by atoms with Gasteiger partial charge in [-0.15, -0.1) is 0 Å². The average Bonchev–Trinajstić information content (AvgIpc) is 2.69. The first-order valence-electron chi connectivity index (χ1n) is 9.06. The van der Waals surface area contributed by atoms with Crippen LogP contribution in [0, 0.1) is 20.8 Å². The molecule has 152 valence electrons. The number of carbonyl (C=O) groups excluding carboxylic acids is 2. The van der Waals surface area contributed by atoms with Crippen molar-refractivity contribution in [3.63, 3.8) is 0 Å². The molecule has 1 amide bonds. The zero-order valence-electron chi connectivity index (χ0n) is 17.0. The number of esters is 1. The molecule has 3 rings (SSSR count). The molecule has 29 heavy (non-hydrogen) atoms. The fraction of sp³-hybridized carbons (Fsp3) is 0.273. The maximum Gasteiger partial charge on any atom is 0.308 e. The molecule has 0 saturated heterocycles. The highest BCUT2D eigenvalue weighted by Gasteiger charge is 2.25. The number of phenolic OH excluding ortho intramolecular Hbond substituents is 1. The third-order valence-corrected chi connectivity index (χ3v) is 4.90. The van der Waals surface area contributed by atoms with E-state index in [2.05, 4.69) is 5.32 Å². The summed E-state index contributed by atoms with van der Waals surface area (Å²) in [6, 6.07) is 4.60. The summed E-state index contributed by atoms with van der Waals surface area (Å²) >= 11 is 0.